The second kappa shape index (κ2) is 7.37. The number of fused-ring (bicyclic) bond motifs is 1. The van der Waals surface area contributed by atoms with Crippen LogP contribution in [0.5, 0.6) is 5.75 Å². The maximum absolute atomic E-state index is 12.2. The zero-order valence-corrected chi connectivity index (χ0v) is 15.9. The molecule has 8 heteroatoms. The van der Waals surface area contributed by atoms with Crippen LogP contribution in [-0.2, 0) is 0 Å². The fourth-order valence-electron chi connectivity index (χ4n) is 2.86. The second-order valence-electron chi connectivity index (χ2n) is 6.40. The summed E-state index contributed by atoms with van der Waals surface area (Å²) in [4.78, 5) is 19.0. The third-order valence-corrected chi connectivity index (χ3v) is 4.47. The van der Waals surface area contributed by atoms with Crippen molar-refractivity contribution in [2.45, 2.75) is 6.92 Å². The van der Waals surface area contributed by atoms with Crippen molar-refractivity contribution in [3.8, 4) is 17.2 Å². The second-order valence-corrected chi connectivity index (χ2v) is 6.84. The molecule has 0 unspecified atom stereocenters. The quantitative estimate of drug-likeness (QED) is 0.263. The summed E-state index contributed by atoms with van der Waals surface area (Å²) in [6.07, 6.45) is 1.26. The monoisotopic (exact) mass is 406 g/mol. The van der Waals surface area contributed by atoms with Gasteiger partial charge in [-0.05, 0) is 60.2 Å². The number of rotatable bonds is 4. The topological polar surface area (TPSA) is 105 Å². The van der Waals surface area contributed by atoms with Crippen molar-refractivity contribution >= 4 is 40.3 Å². The summed E-state index contributed by atoms with van der Waals surface area (Å²) in [5.41, 5.74) is 3.22. The Morgan fingerprint density at radius 2 is 2.00 bits per heavy atom. The van der Waals surface area contributed by atoms with E-state index >= 15 is 0 Å². The number of aryl methyl sites for hydroxylation is 1. The molecule has 3 aromatic carbocycles. The number of nitro groups is 1. The lowest BCUT2D eigenvalue weighted by Gasteiger charge is -2.10. The molecular formula is C21H13ClN3O4-. The molecule has 144 valence electrons. The smallest absolute Gasteiger partial charge is 0.263 e. The van der Waals surface area contributed by atoms with Gasteiger partial charge >= 0.3 is 0 Å². The lowest BCUT2D eigenvalue weighted by Crippen LogP contribution is -2.02. The van der Waals surface area contributed by atoms with Crippen molar-refractivity contribution in [1.82, 2.24) is 4.98 Å². The summed E-state index contributed by atoms with van der Waals surface area (Å²) < 4.78 is 5.80. The largest absolute Gasteiger partial charge is 0.867 e. The molecule has 0 saturated heterocycles. The number of hydrogen-bond donors (Lipinski definition) is 0. The fraction of sp³-hybridized carbons (Fsp3) is 0.0476. The van der Waals surface area contributed by atoms with Crippen LogP contribution in [-0.4, -0.2) is 16.1 Å². The summed E-state index contributed by atoms with van der Waals surface area (Å²) in [6, 6.07) is 15.2. The average molecular weight is 407 g/mol. The third kappa shape index (κ3) is 3.81. The van der Waals surface area contributed by atoms with Crippen LogP contribution in [0.1, 0.15) is 11.1 Å². The normalized spacial score (nSPS) is 11.4. The van der Waals surface area contributed by atoms with Gasteiger partial charge in [-0.15, -0.1) is 0 Å². The SMILES string of the molecule is Cc1ccc2oc(-c3cccc(N=Cc4cc(Cl)cc([N+](=O)[O-])c4[O-])c3)nc2c1. The van der Waals surface area contributed by atoms with Gasteiger partial charge in [0.05, 0.1) is 10.6 Å². The minimum atomic E-state index is -0.763. The van der Waals surface area contributed by atoms with E-state index in [0.717, 1.165) is 17.1 Å². The molecule has 0 fully saturated rings. The predicted octanol–water partition coefficient (Wildman–Crippen LogP) is 5.19. The Kier molecular flexibility index (Phi) is 4.74. The molecule has 0 bridgehead atoms. The number of benzene rings is 3. The van der Waals surface area contributed by atoms with E-state index in [4.69, 9.17) is 16.0 Å². The summed E-state index contributed by atoms with van der Waals surface area (Å²) >= 11 is 5.88. The molecule has 0 aliphatic carbocycles. The maximum atomic E-state index is 12.2. The van der Waals surface area contributed by atoms with E-state index < -0.39 is 16.4 Å². The first-order valence-corrected chi connectivity index (χ1v) is 8.95. The summed E-state index contributed by atoms with van der Waals surface area (Å²) in [7, 11) is 0. The molecular weight excluding hydrogens is 394 g/mol. The van der Waals surface area contributed by atoms with Gasteiger partial charge in [-0.3, -0.25) is 15.1 Å². The maximum Gasteiger partial charge on any atom is 0.263 e. The van der Waals surface area contributed by atoms with Gasteiger partial charge in [-0.2, -0.15) is 0 Å². The van der Waals surface area contributed by atoms with E-state index in [1.165, 1.54) is 12.3 Å². The first-order valence-electron chi connectivity index (χ1n) is 8.57. The van der Waals surface area contributed by atoms with E-state index in [2.05, 4.69) is 9.98 Å². The van der Waals surface area contributed by atoms with Crippen LogP contribution in [0.25, 0.3) is 22.6 Å². The number of nitrogens with zero attached hydrogens (tertiary/aromatic N) is 3. The summed E-state index contributed by atoms with van der Waals surface area (Å²) in [5.74, 6) is -0.292. The van der Waals surface area contributed by atoms with Crippen molar-refractivity contribution < 1.29 is 14.4 Å². The average Bonchev–Trinajstić information content (AvgIpc) is 3.11. The Labute approximate surface area is 170 Å². The van der Waals surface area contributed by atoms with Crippen LogP contribution in [0.4, 0.5) is 11.4 Å². The lowest BCUT2D eigenvalue weighted by atomic mass is 10.1. The highest BCUT2D eigenvalue weighted by Gasteiger charge is 2.12. The van der Waals surface area contributed by atoms with Crippen molar-refractivity contribution in [2.24, 2.45) is 4.99 Å². The van der Waals surface area contributed by atoms with E-state index in [0.29, 0.717) is 22.7 Å². The van der Waals surface area contributed by atoms with Crippen molar-refractivity contribution in [2.75, 3.05) is 0 Å². The Hall–Kier alpha value is -3.71. The molecule has 4 rings (SSSR count). The molecule has 0 aliphatic heterocycles. The Morgan fingerprint density at radius 3 is 2.79 bits per heavy atom. The minimum Gasteiger partial charge on any atom is -0.867 e. The Morgan fingerprint density at radius 1 is 1.17 bits per heavy atom. The number of oxazole rings is 1. The van der Waals surface area contributed by atoms with Gasteiger partial charge in [0.15, 0.2) is 5.58 Å². The van der Waals surface area contributed by atoms with E-state index in [-0.39, 0.29) is 10.6 Å². The molecule has 0 atom stereocenters. The van der Waals surface area contributed by atoms with Gasteiger partial charge in [0, 0.05) is 22.9 Å². The van der Waals surface area contributed by atoms with Gasteiger partial charge < -0.3 is 9.52 Å². The van der Waals surface area contributed by atoms with E-state index in [1.807, 2.05) is 31.2 Å². The van der Waals surface area contributed by atoms with Gasteiger partial charge in [-0.25, -0.2) is 4.98 Å². The number of nitro benzene ring substituents is 1. The van der Waals surface area contributed by atoms with Crippen LogP contribution < -0.4 is 5.11 Å². The van der Waals surface area contributed by atoms with Crippen LogP contribution in [0.3, 0.4) is 0 Å². The number of halogens is 1. The minimum absolute atomic E-state index is 0.0342. The van der Waals surface area contributed by atoms with Crippen LogP contribution >= 0.6 is 11.6 Å². The van der Waals surface area contributed by atoms with E-state index in [9.17, 15) is 15.2 Å². The molecule has 0 saturated carbocycles. The van der Waals surface area contributed by atoms with Crippen LogP contribution in [0.2, 0.25) is 5.02 Å². The first kappa shape index (κ1) is 18.6. The predicted molar refractivity (Wildman–Crippen MR) is 109 cm³/mol. The van der Waals surface area contributed by atoms with Gasteiger partial charge in [0.1, 0.15) is 5.52 Å². The molecule has 1 aromatic heterocycles. The summed E-state index contributed by atoms with van der Waals surface area (Å²) in [5, 5.41) is 23.3. The standard InChI is InChI=1S/C21H14ClN3O4/c1-12-5-6-19-17(7-12)24-21(29-19)13-3-2-4-16(9-13)23-11-14-8-15(22)10-18(20(14)26)25(27)28/h2-11,26H,1H3/p-1. The zero-order valence-electron chi connectivity index (χ0n) is 15.1. The molecule has 4 aromatic rings. The van der Waals surface area contributed by atoms with Crippen molar-refractivity contribution in [3.05, 3.63) is 80.9 Å². The summed E-state index contributed by atoms with van der Waals surface area (Å²) in [6.45, 7) is 1.98. The van der Waals surface area contributed by atoms with E-state index in [1.54, 1.807) is 18.2 Å². The van der Waals surface area contributed by atoms with Crippen LogP contribution in [0.15, 0.2) is 64.0 Å². The first-order chi connectivity index (χ1) is 13.9. The number of hydrogen-bond acceptors (Lipinski definition) is 6. The number of aliphatic imine (C=N–C) groups is 1. The van der Waals surface area contributed by atoms with Gasteiger partial charge in [-0.1, -0.05) is 23.7 Å². The van der Waals surface area contributed by atoms with Crippen molar-refractivity contribution in [1.29, 1.82) is 0 Å². The Balaban J connectivity index is 1.68. The molecule has 0 radical (unpaired) electrons. The van der Waals surface area contributed by atoms with Crippen LogP contribution in [0, 0.1) is 17.0 Å². The highest BCUT2D eigenvalue weighted by atomic mass is 35.5. The van der Waals surface area contributed by atoms with Gasteiger partial charge in [0.25, 0.3) is 5.69 Å². The molecule has 7 nitrogen and oxygen atoms in total. The molecule has 29 heavy (non-hydrogen) atoms. The third-order valence-electron chi connectivity index (χ3n) is 4.25. The highest BCUT2D eigenvalue weighted by Crippen LogP contribution is 2.31. The molecule has 0 aliphatic rings. The molecule has 0 spiro atoms. The molecule has 1 heterocycles. The molecule has 0 amide bonds. The van der Waals surface area contributed by atoms with Gasteiger partial charge in [0.2, 0.25) is 5.89 Å². The lowest BCUT2D eigenvalue weighted by molar-refractivity contribution is -0.398. The highest BCUT2D eigenvalue weighted by molar-refractivity contribution is 6.31. The zero-order chi connectivity index (χ0) is 20.5. The van der Waals surface area contributed by atoms with Crippen molar-refractivity contribution in [3.63, 3.8) is 0 Å². The fourth-order valence-corrected chi connectivity index (χ4v) is 3.08. The number of aromatic nitrogens is 1. The Bertz CT molecular complexity index is 1280. The molecule has 0 N–H and O–H groups in total.